The van der Waals surface area contributed by atoms with Gasteiger partial charge in [-0.1, -0.05) is 194 Å². The molecule has 2 aliphatic carbocycles. The van der Waals surface area contributed by atoms with Crippen LogP contribution in [0.5, 0.6) is 0 Å². The van der Waals surface area contributed by atoms with Crippen LogP contribution < -0.4 is 4.90 Å². The molecule has 11 aromatic rings. The van der Waals surface area contributed by atoms with Crippen LogP contribution >= 0.6 is 0 Å². The number of fused-ring (bicyclic) bond motifs is 13. The topological polar surface area (TPSA) is 16.4 Å². The highest BCUT2D eigenvalue weighted by Crippen LogP contribution is 2.63. The van der Waals surface area contributed by atoms with Gasteiger partial charge in [0.05, 0.1) is 22.1 Å². The van der Waals surface area contributed by atoms with E-state index in [9.17, 15) is 8.22 Å². The molecule has 2 aliphatic rings. The summed E-state index contributed by atoms with van der Waals surface area (Å²) in [6.45, 7) is 0. The second kappa shape index (κ2) is 13.9. The van der Waals surface area contributed by atoms with Gasteiger partial charge < -0.3 is 9.32 Å². The molecule has 2 heteroatoms. The lowest BCUT2D eigenvalue weighted by atomic mass is 9.70. The lowest BCUT2D eigenvalue weighted by Crippen LogP contribution is -2.26. The number of furan rings is 1. The second-order valence-electron chi connectivity index (χ2n) is 16.1. The Hall–Kier alpha value is -8.20. The number of anilines is 3. The van der Waals surface area contributed by atoms with Crippen molar-refractivity contribution >= 4 is 39.0 Å². The Morgan fingerprint density at radius 3 is 1.51 bits per heavy atom. The molecule has 1 aromatic heterocycles. The lowest BCUT2D eigenvalue weighted by Gasteiger charge is -2.32. The van der Waals surface area contributed by atoms with E-state index in [1.54, 1.807) is 30.3 Å². The number of hydrogen-bond donors (Lipinski definition) is 0. The molecule has 0 saturated carbocycles. The second-order valence-corrected chi connectivity index (χ2v) is 16.1. The van der Waals surface area contributed by atoms with Gasteiger partial charge in [0.1, 0.15) is 11.2 Å². The van der Waals surface area contributed by atoms with E-state index in [1.807, 2.05) is 77.7 Å². The summed E-state index contributed by atoms with van der Waals surface area (Å²) in [5, 5.41) is 1.80. The molecule has 0 atom stereocenters. The molecule has 0 saturated heterocycles. The molecule has 0 amide bonds. The van der Waals surface area contributed by atoms with Crippen molar-refractivity contribution in [2.75, 3.05) is 4.90 Å². The Morgan fingerprint density at radius 2 is 0.841 bits per heavy atom. The Balaban J connectivity index is 1.11. The summed E-state index contributed by atoms with van der Waals surface area (Å²) in [5.74, 6) is 0. The summed E-state index contributed by atoms with van der Waals surface area (Å²) in [6.07, 6.45) is 0. The summed E-state index contributed by atoms with van der Waals surface area (Å²) < 4.78 is 82.6. The lowest BCUT2D eigenvalue weighted by molar-refractivity contribution is 0.669. The molecule has 0 fully saturated rings. The van der Waals surface area contributed by atoms with E-state index < -0.39 is 41.7 Å². The van der Waals surface area contributed by atoms with Crippen LogP contribution in [0.3, 0.4) is 0 Å². The predicted octanol–water partition coefficient (Wildman–Crippen LogP) is 16.4. The largest absolute Gasteiger partial charge is 0.456 e. The molecule has 0 aliphatic heterocycles. The normalized spacial score (nSPS) is 14.7. The number of benzene rings is 10. The molecule has 10 aromatic carbocycles. The Kier molecular flexibility index (Phi) is 6.26. The molecule has 63 heavy (non-hydrogen) atoms. The maximum atomic E-state index is 10.0. The van der Waals surface area contributed by atoms with Gasteiger partial charge in [-0.3, -0.25) is 0 Å². The van der Waals surface area contributed by atoms with Crippen molar-refractivity contribution < 1.29 is 15.4 Å². The van der Waals surface area contributed by atoms with E-state index in [1.165, 1.54) is 0 Å². The highest BCUT2D eigenvalue weighted by atomic mass is 16.3. The number of para-hydroxylation sites is 2. The minimum atomic E-state index is -0.733. The third-order valence-electron chi connectivity index (χ3n) is 12.8. The summed E-state index contributed by atoms with van der Waals surface area (Å²) in [5.41, 5.74) is 12.2. The van der Waals surface area contributed by atoms with Crippen molar-refractivity contribution in [2.24, 2.45) is 0 Å². The molecule has 0 N–H and O–H groups in total. The number of rotatable bonds is 6. The van der Waals surface area contributed by atoms with Crippen LogP contribution in [0.15, 0.2) is 241 Å². The fourth-order valence-corrected chi connectivity index (χ4v) is 10.2. The first kappa shape index (κ1) is 28.3. The molecule has 294 valence electrons. The van der Waals surface area contributed by atoms with Gasteiger partial charge in [-0.15, -0.1) is 0 Å². The minimum Gasteiger partial charge on any atom is -0.456 e. The van der Waals surface area contributed by atoms with Gasteiger partial charge in [0.15, 0.2) is 0 Å². The van der Waals surface area contributed by atoms with Crippen molar-refractivity contribution in [1.82, 2.24) is 0 Å². The monoisotopic (exact) mass is 809 g/mol. The number of nitrogens with zero attached hydrogens (tertiary/aromatic N) is 1. The summed E-state index contributed by atoms with van der Waals surface area (Å²) >= 11 is 0. The van der Waals surface area contributed by atoms with Crippen molar-refractivity contribution in [3.05, 3.63) is 259 Å². The fourth-order valence-electron chi connectivity index (χ4n) is 10.2. The van der Waals surface area contributed by atoms with Crippen LogP contribution in [0.1, 0.15) is 33.2 Å². The quantitative estimate of drug-likeness (QED) is 0.166. The zero-order valence-electron chi connectivity index (χ0n) is 41.8. The van der Waals surface area contributed by atoms with E-state index in [0.717, 1.165) is 72.0 Å². The van der Waals surface area contributed by atoms with E-state index >= 15 is 0 Å². The van der Waals surface area contributed by atoms with Gasteiger partial charge in [-0.2, -0.15) is 0 Å². The van der Waals surface area contributed by atoms with E-state index in [-0.39, 0.29) is 34.5 Å². The van der Waals surface area contributed by atoms with Crippen LogP contribution in [0.25, 0.3) is 77.6 Å². The standard InChI is InChI=1S/C61H39NO/c1-2-15-40(16-3-1)41-29-31-42(32-30-41)43-33-35-44(36-34-43)62(57-26-12-7-20-50(57)51-22-14-28-59-60(51)52-21-8-13-27-58(52)63-59)45-37-38-49-48-19-6-11-25-55(48)61(56(49)39-45)53-23-9-4-17-46(53)47-18-5-10-24-54(47)61/h1-39H/i29D,30D,31D,32D,33D,34D,35D,36D. The van der Waals surface area contributed by atoms with Crippen LogP contribution in [-0.2, 0) is 5.41 Å². The molecule has 2 nitrogen and oxygen atoms in total. The molecular weight excluding hydrogens is 763 g/mol. The number of hydrogen-bond acceptors (Lipinski definition) is 2. The van der Waals surface area contributed by atoms with E-state index in [0.29, 0.717) is 22.5 Å². The minimum absolute atomic E-state index is 0.0479. The molecule has 13 rings (SSSR count). The third-order valence-corrected chi connectivity index (χ3v) is 12.8. The smallest absolute Gasteiger partial charge is 0.136 e. The molecule has 0 radical (unpaired) electrons. The maximum Gasteiger partial charge on any atom is 0.136 e. The summed E-state index contributed by atoms with van der Waals surface area (Å²) in [6, 6.07) is 58.7. The van der Waals surface area contributed by atoms with Gasteiger partial charge in [-0.05, 0) is 115 Å². The Labute approximate surface area is 377 Å². The van der Waals surface area contributed by atoms with E-state index in [4.69, 9.17) is 7.16 Å². The van der Waals surface area contributed by atoms with E-state index in [2.05, 4.69) is 84.9 Å². The van der Waals surface area contributed by atoms with Gasteiger partial charge >= 0.3 is 0 Å². The summed E-state index contributed by atoms with van der Waals surface area (Å²) in [7, 11) is 0. The molecular formula is C61H39NO. The van der Waals surface area contributed by atoms with Crippen LogP contribution in [-0.4, -0.2) is 0 Å². The molecule has 0 bridgehead atoms. The van der Waals surface area contributed by atoms with Gasteiger partial charge in [0.25, 0.3) is 0 Å². The maximum absolute atomic E-state index is 10.0. The average molecular weight is 810 g/mol. The van der Waals surface area contributed by atoms with Crippen molar-refractivity contribution in [1.29, 1.82) is 0 Å². The van der Waals surface area contributed by atoms with Crippen LogP contribution in [0.2, 0.25) is 0 Å². The highest BCUT2D eigenvalue weighted by Gasteiger charge is 2.51. The van der Waals surface area contributed by atoms with Crippen molar-refractivity contribution in [3.8, 4) is 55.6 Å². The van der Waals surface area contributed by atoms with Crippen molar-refractivity contribution in [2.45, 2.75) is 5.41 Å². The Morgan fingerprint density at radius 1 is 0.349 bits per heavy atom. The van der Waals surface area contributed by atoms with Gasteiger partial charge in [-0.25, -0.2) is 0 Å². The van der Waals surface area contributed by atoms with Crippen LogP contribution in [0.4, 0.5) is 17.1 Å². The molecule has 1 heterocycles. The van der Waals surface area contributed by atoms with Gasteiger partial charge in [0.2, 0.25) is 0 Å². The third kappa shape index (κ3) is 5.25. The van der Waals surface area contributed by atoms with Crippen molar-refractivity contribution in [3.63, 3.8) is 0 Å². The summed E-state index contributed by atoms with van der Waals surface area (Å²) in [4.78, 5) is 1.82. The average Bonchev–Trinajstić information content (AvgIpc) is 4.04. The van der Waals surface area contributed by atoms with Gasteiger partial charge in [0, 0.05) is 27.7 Å². The fraction of sp³-hybridized carbons (Fsp3) is 0.0164. The van der Waals surface area contributed by atoms with Crippen LogP contribution in [0, 0.1) is 0 Å². The first-order valence-corrected chi connectivity index (χ1v) is 21.1. The highest BCUT2D eigenvalue weighted by molar-refractivity contribution is 6.14. The zero-order valence-corrected chi connectivity index (χ0v) is 33.8. The first-order valence-electron chi connectivity index (χ1n) is 25.1. The zero-order chi connectivity index (χ0) is 48.4. The molecule has 0 unspecified atom stereocenters. The predicted molar refractivity (Wildman–Crippen MR) is 261 cm³/mol. The first-order chi connectivity index (χ1) is 34.6. The molecule has 1 spiro atoms. The Bertz CT molecular complexity index is 3950. The SMILES string of the molecule is [2H]c1c([2H])c(-c2c([2H])c([2H])c(N(c3ccc4c(c3)C3(c5ccccc5-c5ccccc53)c3ccccc3-4)c3ccccc3-c3cccc4oc5ccccc5c34)c([2H])c2[2H])c([2H])c([2H])c1-c1ccccc1.